The van der Waals surface area contributed by atoms with Gasteiger partial charge in [-0.15, -0.1) is 0 Å². The van der Waals surface area contributed by atoms with Crippen molar-refractivity contribution >= 4 is 11.8 Å². The lowest BCUT2D eigenvalue weighted by molar-refractivity contribution is 0.000337. The number of benzene rings is 2. The number of nitrogens with zero attached hydrogens (tertiary/aromatic N) is 1. The molecule has 0 aromatic heterocycles. The van der Waals surface area contributed by atoms with Gasteiger partial charge in [0.15, 0.2) is 5.72 Å². The Morgan fingerprint density at radius 2 is 1.89 bits per heavy atom. The molecule has 2 aliphatic heterocycles. The second-order valence-corrected chi connectivity index (χ2v) is 7.94. The second kappa shape index (κ2) is 7.05. The Kier molecular flexibility index (Phi) is 4.73. The highest BCUT2D eigenvalue weighted by Gasteiger charge is 2.58. The van der Waals surface area contributed by atoms with E-state index in [-0.39, 0.29) is 5.41 Å². The van der Waals surface area contributed by atoms with Crippen molar-refractivity contribution in [1.82, 2.24) is 0 Å². The molecule has 2 aliphatic rings. The van der Waals surface area contributed by atoms with Gasteiger partial charge in [-0.2, -0.15) is 0 Å². The van der Waals surface area contributed by atoms with Crippen LogP contribution in [0.2, 0.25) is 0 Å². The molecule has 0 spiro atoms. The van der Waals surface area contributed by atoms with E-state index in [9.17, 15) is 0 Å². The van der Waals surface area contributed by atoms with Gasteiger partial charge in [0.2, 0.25) is 0 Å². The molecule has 1 fully saturated rings. The summed E-state index contributed by atoms with van der Waals surface area (Å²) in [7, 11) is 0. The first-order valence-corrected chi connectivity index (χ1v) is 10.0. The number of hydrogen-bond acceptors (Lipinski definition) is 3. The first kappa shape index (κ1) is 18.1. The lowest BCUT2D eigenvalue weighted by Gasteiger charge is -2.39. The largest absolute Gasteiger partial charge is 0.494 e. The van der Waals surface area contributed by atoms with Crippen LogP contribution in [0.3, 0.4) is 0 Å². The van der Waals surface area contributed by atoms with Crippen molar-refractivity contribution in [3.8, 4) is 5.75 Å². The summed E-state index contributed by atoms with van der Waals surface area (Å²) >= 11 is 0. The minimum atomic E-state index is -0.424. The van der Waals surface area contributed by atoms with E-state index in [4.69, 9.17) is 9.47 Å². The monoisotopic (exact) mass is 363 g/mol. The van der Waals surface area contributed by atoms with Gasteiger partial charge in [0.25, 0.3) is 0 Å². The third-order valence-electron chi connectivity index (χ3n) is 5.95. The predicted octanol–water partition coefficient (Wildman–Crippen LogP) is 5.40. The minimum Gasteiger partial charge on any atom is -0.494 e. The van der Waals surface area contributed by atoms with E-state index < -0.39 is 5.72 Å². The number of unbranched alkanes of at least 4 members (excludes halogenated alkanes) is 1. The van der Waals surface area contributed by atoms with Crippen LogP contribution in [0, 0.1) is 0 Å². The van der Waals surface area contributed by atoms with E-state index in [1.165, 1.54) is 11.3 Å². The van der Waals surface area contributed by atoms with Gasteiger partial charge in [0, 0.05) is 17.6 Å². The predicted molar refractivity (Wildman–Crippen MR) is 111 cm³/mol. The molecule has 1 atom stereocenters. The zero-order chi connectivity index (χ0) is 18.9. The molecule has 1 saturated heterocycles. The molecule has 0 saturated carbocycles. The SMILES string of the molecule is CCCCOc1ccc(C=CC23OCCN2c2ccccc2C3(C)C)cc1. The third-order valence-corrected chi connectivity index (χ3v) is 5.95. The van der Waals surface area contributed by atoms with Crippen LogP contribution in [-0.2, 0) is 10.2 Å². The van der Waals surface area contributed by atoms with Crippen molar-refractivity contribution in [3.63, 3.8) is 0 Å². The van der Waals surface area contributed by atoms with Crippen LogP contribution in [-0.4, -0.2) is 25.5 Å². The van der Waals surface area contributed by atoms with Gasteiger partial charge >= 0.3 is 0 Å². The summed E-state index contributed by atoms with van der Waals surface area (Å²) < 4.78 is 12.2. The highest BCUT2D eigenvalue weighted by Crippen LogP contribution is 2.54. The Morgan fingerprint density at radius 1 is 1.11 bits per heavy atom. The van der Waals surface area contributed by atoms with Crippen molar-refractivity contribution in [3.05, 3.63) is 65.7 Å². The molecule has 3 nitrogen and oxygen atoms in total. The molecular weight excluding hydrogens is 334 g/mol. The number of para-hydroxylation sites is 1. The molecule has 3 heteroatoms. The van der Waals surface area contributed by atoms with Crippen LogP contribution in [0.25, 0.3) is 6.08 Å². The fraction of sp³-hybridized carbons (Fsp3) is 0.417. The average Bonchev–Trinajstić information content (AvgIpc) is 3.19. The minimum absolute atomic E-state index is 0.111. The molecule has 0 aliphatic carbocycles. The number of ether oxygens (including phenoxy) is 2. The zero-order valence-electron chi connectivity index (χ0n) is 16.6. The standard InChI is InChI=1S/C24H29NO2/c1-4-5-17-26-20-12-10-19(11-13-20)14-15-24-23(2,3)21-8-6-7-9-22(21)25(24)16-18-27-24/h6-15H,4-5,16-18H2,1-3H3. The molecule has 0 radical (unpaired) electrons. The van der Waals surface area contributed by atoms with Gasteiger partial charge in [-0.25, -0.2) is 0 Å². The Labute approximate surface area is 162 Å². The number of hydrogen-bond donors (Lipinski definition) is 0. The van der Waals surface area contributed by atoms with Crippen molar-refractivity contribution in [2.24, 2.45) is 0 Å². The highest BCUT2D eigenvalue weighted by atomic mass is 16.5. The van der Waals surface area contributed by atoms with Gasteiger partial charge in [-0.1, -0.05) is 63.6 Å². The first-order valence-electron chi connectivity index (χ1n) is 10.0. The smallest absolute Gasteiger partial charge is 0.170 e. The van der Waals surface area contributed by atoms with Gasteiger partial charge in [-0.3, -0.25) is 0 Å². The maximum atomic E-state index is 6.39. The quantitative estimate of drug-likeness (QED) is 0.641. The van der Waals surface area contributed by atoms with Gasteiger partial charge in [0.1, 0.15) is 5.75 Å². The molecular formula is C24H29NO2. The van der Waals surface area contributed by atoms with Crippen molar-refractivity contribution in [1.29, 1.82) is 0 Å². The van der Waals surface area contributed by atoms with E-state index >= 15 is 0 Å². The molecule has 0 bridgehead atoms. The van der Waals surface area contributed by atoms with Crippen LogP contribution in [0.1, 0.15) is 44.7 Å². The van der Waals surface area contributed by atoms with Crippen LogP contribution in [0.15, 0.2) is 54.6 Å². The van der Waals surface area contributed by atoms with E-state index in [2.05, 4.69) is 86.4 Å². The lowest BCUT2D eigenvalue weighted by Crippen LogP contribution is -2.51. The molecule has 0 N–H and O–H groups in total. The normalized spacial score (nSPS) is 22.9. The fourth-order valence-corrected chi connectivity index (χ4v) is 4.35. The molecule has 142 valence electrons. The summed E-state index contributed by atoms with van der Waals surface area (Å²) in [5, 5.41) is 0. The summed E-state index contributed by atoms with van der Waals surface area (Å²) in [5.74, 6) is 0.936. The Balaban J connectivity index is 1.58. The first-order chi connectivity index (χ1) is 13.1. The Bertz CT molecular complexity index is 825. The molecule has 1 unspecified atom stereocenters. The van der Waals surface area contributed by atoms with Crippen molar-refractivity contribution in [2.45, 2.75) is 44.8 Å². The van der Waals surface area contributed by atoms with Gasteiger partial charge in [-0.05, 0) is 41.8 Å². The maximum absolute atomic E-state index is 6.39. The average molecular weight is 364 g/mol. The number of anilines is 1. The van der Waals surface area contributed by atoms with Crippen LogP contribution < -0.4 is 9.64 Å². The molecule has 2 aromatic carbocycles. The molecule has 4 rings (SSSR count). The summed E-state index contributed by atoms with van der Waals surface area (Å²) in [6.07, 6.45) is 6.67. The van der Waals surface area contributed by atoms with Crippen molar-refractivity contribution in [2.75, 3.05) is 24.7 Å². The topological polar surface area (TPSA) is 21.7 Å². The van der Waals surface area contributed by atoms with E-state index in [1.807, 2.05) is 0 Å². The summed E-state index contributed by atoms with van der Waals surface area (Å²) in [5.41, 5.74) is 3.28. The molecule has 27 heavy (non-hydrogen) atoms. The summed E-state index contributed by atoms with van der Waals surface area (Å²) in [6, 6.07) is 17.0. The van der Waals surface area contributed by atoms with Crippen LogP contribution in [0.4, 0.5) is 5.69 Å². The van der Waals surface area contributed by atoms with E-state index in [0.717, 1.165) is 43.9 Å². The molecule has 2 heterocycles. The van der Waals surface area contributed by atoms with Crippen molar-refractivity contribution < 1.29 is 9.47 Å². The lowest BCUT2D eigenvalue weighted by atomic mass is 9.77. The third kappa shape index (κ3) is 2.94. The zero-order valence-corrected chi connectivity index (χ0v) is 16.6. The maximum Gasteiger partial charge on any atom is 0.170 e. The molecule has 0 amide bonds. The Hall–Kier alpha value is -2.26. The molecule has 2 aromatic rings. The van der Waals surface area contributed by atoms with Crippen LogP contribution in [0.5, 0.6) is 5.75 Å². The number of fused-ring (bicyclic) bond motifs is 3. The highest BCUT2D eigenvalue weighted by molar-refractivity contribution is 5.69. The van der Waals surface area contributed by atoms with Crippen LogP contribution >= 0.6 is 0 Å². The second-order valence-electron chi connectivity index (χ2n) is 7.94. The van der Waals surface area contributed by atoms with E-state index in [0.29, 0.717) is 0 Å². The van der Waals surface area contributed by atoms with E-state index in [1.54, 1.807) is 0 Å². The van der Waals surface area contributed by atoms with Gasteiger partial charge < -0.3 is 14.4 Å². The Morgan fingerprint density at radius 3 is 2.67 bits per heavy atom. The number of rotatable bonds is 6. The van der Waals surface area contributed by atoms with Gasteiger partial charge in [0.05, 0.1) is 13.2 Å². The fourth-order valence-electron chi connectivity index (χ4n) is 4.35. The summed E-state index contributed by atoms with van der Waals surface area (Å²) in [6.45, 7) is 9.21. The summed E-state index contributed by atoms with van der Waals surface area (Å²) in [4.78, 5) is 2.42.